The van der Waals surface area contributed by atoms with E-state index in [1.807, 2.05) is 61.5 Å². The van der Waals surface area contributed by atoms with Crippen LogP contribution < -0.4 is 19.9 Å². The van der Waals surface area contributed by atoms with Crippen molar-refractivity contribution in [2.45, 2.75) is 6.92 Å². The SMILES string of the molecule is C=CC(=O)N1CCN(c2sc3nccc4c3c2NC(=O)N4c2ccc(Oc3ccccc3)cc2C)CC1. The first-order valence-electron chi connectivity index (χ1n) is 12.1. The van der Waals surface area contributed by atoms with E-state index in [4.69, 9.17) is 4.74 Å². The van der Waals surface area contributed by atoms with Crippen LogP contribution in [0.1, 0.15) is 5.56 Å². The van der Waals surface area contributed by atoms with Crippen molar-refractivity contribution in [3.63, 3.8) is 0 Å². The number of anilines is 4. The predicted molar refractivity (Wildman–Crippen MR) is 147 cm³/mol. The average molecular weight is 512 g/mol. The van der Waals surface area contributed by atoms with Gasteiger partial charge in [0, 0.05) is 32.4 Å². The van der Waals surface area contributed by atoms with Crippen molar-refractivity contribution < 1.29 is 14.3 Å². The van der Waals surface area contributed by atoms with Gasteiger partial charge in [-0.3, -0.25) is 9.69 Å². The van der Waals surface area contributed by atoms with Gasteiger partial charge in [-0.2, -0.15) is 0 Å². The van der Waals surface area contributed by atoms with Gasteiger partial charge < -0.3 is 19.9 Å². The minimum absolute atomic E-state index is 0.0548. The molecule has 9 heteroatoms. The number of nitrogens with zero attached hydrogens (tertiary/aromatic N) is 4. The van der Waals surface area contributed by atoms with Crippen LogP contribution in [0.3, 0.4) is 0 Å². The van der Waals surface area contributed by atoms with Crippen molar-refractivity contribution in [3.05, 3.63) is 79.0 Å². The molecule has 2 aliphatic rings. The van der Waals surface area contributed by atoms with Gasteiger partial charge in [0.05, 0.1) is 22.4 Å². The summed E-state index contributed by atoms with van der Waals surface area (Å²) in [7, 11) is 0. The summed E-state index contributed by atoms with van der Waals surface area (Å²) in [4.78, 5) is 36.7. The first kappa shape index (κ1) is 23.1. The number of urea groups is 1. The maximum Gasteiger partial charge on any atom is 0.331 e. The molecule has 8 nitrogen and oxygen atoms in total. The summed E-state index contributed by atoms with van der Waals surface area (Å²) in [6.45, 7) is 8.12. The number of piperazine rings is 1. The molecule has 2 aliphatic heterocycles. The number of amides is 3. The van der Waals surface area contributed by atoms with Gasteiger partial charge in [-0.25, -0.2) is 9.78 Å². The van der Waals surface area contributed by atoms with Crippen molar-refractivity contribution in [1.29, 1.82) is 0 Å². The number of aromatic nitrogens is 1. The van der Waals surface area contributed by atoms with Gasteiger partial charge in [0.15, 0.2) is 0 Å². The molecular formula is C28H25N5O3S. The Morgan fingerprint density at radius 1 is 1.05 bits per heavy atom. The first-order chi connectivity index (χ1) is 18.0. The number of benzene rings is 2. The Morgan fingerprint density at radius 3 is 2.57 bits per heavy atom. The molecule has 1 fully saturated rings. The molecule has 0 radical (unpaired) electrons. The van der Waals surface area contributed by atoms with Gasteiger partial charge >= 0.3 is 6.03 Å². The zero-order valence-electron chi connectivity index (χ0n) is 20.3. The molecule has 0 saturated carbocycles. The highest BCUT2D eigenvalue weighted by molar-refractivity contribution is 7.23. The minimum atomic E-state index is -0.222. The molecule has 0 aliphatic carbocycles. The lowest BCUT2D eigenvalue weighted by atomic mass is 10.1. The van der Waals surface area contributed by atoms with E-state index in [2.05, 4.69) is 21.8 Å². The third kappa shape index (κ3) is 4.07. The van der Waals surface area contributed by atoms with Crippen LogP contribution in [0.4, 0.5) is 26.9 Å². The summed E-state index contributed by atoms with van der Waals surface area (Å²) in [6.07, 6.45) is 3.10. The number of hydrogen-bond acceptors (Lipinski definition) is 6. The number of carbonyl (C=O) groups excluding carboxylic acids is 2. The fourth-order valence-corrected chi connectivity index (χ4v) is 6.03. The fraction of sp³-hybridized carbons (Fsp3) is 0.179. The van der Waals surface area contributed by atoms with Crippen LogP contribution >= 0.6 is 11.3 Å². The fourth-order valence-electron chi connectivity index (χ4n) is 4.86. The van der Waals surface area contributed by atoms with Gasteiger partial charge in [-0.05, 0) is 55.0 Å². The lowest BCUT2D eigenvalue weighted by Crippen LogP contribution is -2.48. The van der Waals surface area contributed by atoms with Crippen LogP contribution in [0.25, 0.3) is 10.2 Å². The summed E-state index contributed by atoms with van der Waals surface area (Å²) in [5.41, 5.74) is 3.27. The summed E-state index contributed by atoms with van der Waals surface area (Å²) in [6, 6.07) is 17.0. The van der Waals surface area contributed by atoms with Gasteiger partial charge in [0.25, 0.3) is 0 Å². The van der Waals surface area contributed by atoms with Crippen LogP contribution in [0, 0.1) is 6.92 Å². The number of rotatable bonds is 5. The molecule has 1 saturated heterocycles. The molecule has 1 N–H and O–H groups in total. The van der Waals surface area contributed by atoms with E-state index in [1.165, 1.54) is 6.08 Å². The highest BCUT2D eigenvalue weighted by Gasteiger charge is 2.34. The Labute approximate surface area is 218 Å². The summed E-state index contributed by atoms with van der Waals surface area (Å²) >= 11 is 1.56. The molecule has 0 atom stereocenters. The van der Waals surface area contributed by atoms with Crippen LogP contribution in [-0.2, 0) is 4.79 Å². The predicted octanol–water partition coefficient (Wildman–Crippen LogP) is 5.92. The Kier molecular flexibility index (Phi) is 5.77. The molecule has 3 amide bonds. The van der Waals surface area contributed by atoms with Gasteiger partial charge in [-0.15, -0.1) is 0 Å². The van der Waals surface area contributed by atoms with E-state index in [0.29, 0.717) is 31.9 Å². The topological polar surface area (TPSA) is 78.0 Å². The Bertz CT molecular complexity index is 1530. The molecule has 0 bridgehead atoms. The standard InChI is InChI=1S/C28H25N5O3S/c1-3-23(34)31-13-15-32(16-14-31)27-25-24-22(11-12-29-26(24)37-27)33(28(35)30-25)21-10-9-20(17-18(21)2)36-19-7-5-4-6-8-19/h3-12,17H,1,13-16H2,2H3,(H,30,35). The molecule has 0 spiro atoms. The minimum Gasteiger partial charge on any atom is -0.457 e. The van der Waals surface area contributed by atoms with E-state index in [-0.39, 0.29) is 11.9 Å². The number of nitrogens with one attached hydrogen (secondary N) is 1. The lowest BCUT2D eigenvalue weighted by Gasteiger charge is -2.36. The maximum atomic E-state index is 13.5. The van der Waals surface area contributed by atoms with Crippen molar-refractivity contribution >= 4 is 55.6 Å². The summed E-state index contributed by atoms with van der Waals surface area (Å²) in [5.74, 6) is 1.41. The highest BCUT2D eigenvalue weighted by atomic mass is 32.1. The molecule has 0 unspecified atom stereocenters. The molecule has 37 heavy (non-hydrogen) atoms. The van der Waals surface area contributed by atoms with Gasteiger partial charge in [-0.1, -0.05) is 36.1 Å². The van der Waals surface area contributed by atoms with E-state index in [1.54, 1.807) is 27.3 Å². The van der Waals surface area contributed by atoms with Crippen LogP contribution in [0.15, 0.2) is 73.4 Å². The Hall–Kier alpha value is -4.37. The second kappa shape index (κ2) is 9.25. The molecule has 2 aromatic carbocycles. The van der Waals surface area contributed by atoms with E-state index in [0.717, 1.165) is 43.6 Å². The number of ether oxygens (including phenoxy) is 1. The number of hydrogen-bond donors (Lipinski definition) is 1. The molecule has 6 rings (SSSR count). The summed E-state index contributed by atoms with van der Waals surface area (Å²) in [5, 5.41) is 5.03. The number of aryl methyl sites for hydroxylation is 1. The molecule has 186 valence electrons. The van der Waals surface area contributed by atoms with Crippen molar-refractivity contribution in [1.82, 2.24) is 9.88 Å². The molecule has 4 aromatic rings. The second-order valence-corrected chi connectivity index (χ2v) is 9.92. The van der Waals surface area contributed by atoms with Gasteiger partial charge in [0.2, 0.25) is 5.91 Å². The number of carbonyl (C=O) groups is 2. The third-order valence-electron chi connectivity index (χ3n) is 6.67. The van der Waals surface area contributed by atoms with Crippen LogP contribution in [-0.4, -0.2) is 48.0 Å². The second-order valence-electron chi connectivity index (χ2n) is 8.94. The highest BCUT2D eigenvalue weighted by Crippen LogP contribution is 2.50. The van der Waals surface area contributed by atoms with Gasteiger partial charge in [0.1, 0.15) is 21.3 Å². The largest absolute Gasteiger partial charge is 0.457 e. The maximum absolute atomic E-state index is 13.5. The summed E-state index contributed by atoms with van der Waals surface area (Å²) < 4.78 is 5.98. The van der Waals surface area contributed by atoms with Crippen molar-refractivity contribution in [3.8, 4) is 11.5 Å². The van der Waals surface area contributed by atoms with Crippen molar-refractivity contribution in [2.75, 3.05) is 41.3 Å². The number of para-hydroxylation sites is 1. The molecular weight excluding hydrogens is 486 g/mol. The van der Waals surface area contributed by atoms with E-state index < -0.39 is 0 Å². The molecule has 4 heterocycles. The van der Waals surface area contributed by atoms with Crippen LogP contribution in [0.2, 0.25) is 0 Å². The zero-order chi connectivity index (χ0) is 25.5. The smallest absolute Gasteiger partial charge is 0.331 e. The quantitative estimate of drug-likeness (QED) is 0.337. The van der Waals surface area contributed by atoms with E-state index in [9.17, 15) is 9.59 Å². The third-order valence-corrected chi connectivity index (χ3v) is 7.83. The zero-order valence-corrected chi connectivity index (χ0v) is 21.1. The Balaban J connectivity index is 1.33. The van der Waals surface area contributed by atoms with Crippen molar-refractivity contribution in [2.24, 2.45) is 0 Å². The first-order valence-corrected chi connectivity index (χ1v) is 12.9. The number of pyridine rings is 1. The van der Waals surface area contributed by atoms with E-state index >= 15 is 0 Å². The lowest BCUT2D eigenvalue weighted by molar-refractivity contribution is -0.126. The Morgan fingerprint density at radius 2 is 1.84 bits per heavy atom. The normalized spacial score (nSPS) is 15.1. The number of thiophene rings is 1. The average Bonchev–Trinajstić information content (AvgIpc) is 3.29. The molecule has 2 aromatic heterocycles. The van der Waals surface area contributed by atoms with Crippen LogP contribution in [0.5, 0.6) is 11.5 Å². The monoisotopic (exact) mass is 511 g/mol.